The van der Waals surface area contributed by atoms with Gasteiger partial charge in [0.05, 0.1) is 18.9 Å². The molecule has 3 aromatic rings. The van der Waals surface area contributed by atoms with Crippen molar-refractivity contribution in [1.29, 1.82) is 0 Å². The first kappa shape index (κ1) is 19.3. The molecule has 4 rings (SSSR count). The fraction of sp³-hybridized carbons (Fsp3) is 0.300. The Morgan fingerprint density at radius 2 is 1.86 bits per heavy atom. The number of urea groups is 1. The SMILES string of the molecule is COc1ccc(NC(=O)N2CCN(c3nc4c(F)cccc4s3)CC2)cc1OC. The number of nitrogens with zero attached hydrogens (tertiary/aromatic N) is 3. The molecule has 0 aliphatic carbocycles. The average Bonchev–Trinajstić information content (AvgIpc) is 3.19. The van der Waals surface area contributed by atoms with Crippen LogP contribution in [-0.2, 0) is 0 Å². The van der Waals surface area contributed by atoms with E-state index >= 15 is 0 Å². The van der Waals surface area contributed by atoms with Gasteiger partial charge in [-0.3, -0.25) is 0 Å². The summed E-state index contributed by atoms with van der Waals surface area (Å²) in [5.41, 5.74) is 1.04. The van der Waals surface area contributed by atoms with E-state index in [9.17, 15) is 9.18 Å². The van der Waals surface area contributed by atoms with Gasteiger partial charge in [-0.15, -0.1) is 0 Å². The van der Waals surface area contributed by atoms with Crippen LogP contribution in [0, 0.1) is 5.82 Å². The number of hydrogen-bond donors (Lipinski definition) is 1. The number of benzene rings is 2. The first-order valence-electron chi connectivity index (χ1n) is 9.17. The highest BCUT2D eigenvalue weighted by Gasteiger charge is 2.24. The molecule has 1 fully saturated rings. The summed E-state index contributed by atoms with van der Waals surface area (Å²) in [7, 11) is 3.12. The molecular weight excluding hydrogens is 395 g/mol. The van der Waals surface area contributed by atoms with Crippen LogP contribution in [0.4, 0.5) is 20.0 Å². The Balaban J connectivity index is 1.38. The Labute approximate surface area is 171 Å². The summed E-state index contributed by atoms with van der Waals surface area (Å²) >= 11 is 1.47. The molecule has 2 aromatic carbocycles. The van der Waals surface area contributed by atoms with E-state index in [1.807, 2.05) is 6.07 Å². The molecule has 0 bridgehead atoms. The number of rotatable bonds is 4. The molecule has 0 unspecified atom stereocenters. The molecule has 2 amide bonds. The summed E-state index contributed by atoms with van der Waals surface area (Å²) in [6, 6.07) is 10.0. The van der Waals surface area contributed by atoms with E-state index in [4.69, 9.17) is 9.47 Å². The van der Waals surface area contributed by atoms with Crippen LogP contribution in [0.15, 0.2) is 36.4 Å². The van der Waals surface area contributed by atoms with Crippen molar-refractivity contribution in [3.8, 4) is 11.5 Å². The number of halogens is 1. The fourth-order valence-corrected chi connectivity index (χ4v) is 4.29. The number of anilines is 2. The molecule has 0 atom stereocenters. The minimum absolute atomic E-state index is 0.174. The van der Waals surface area contributed by atoms with Crippen molar-refractivity contribution < 1.29 is 18.7 Å². The summed E-state index contributed by atoms with van der Waals surface area (Å²) in [6.07, 6.45) is 0. The van der Waals surface area contributed by atoms with Crippen LogP contribution in [0.3, 0.4) is 0 Å². The number of carbonyl (C=O) groups excluding carboxylic acids is 1. The van der Waals surface area contributed by atoms with Crippen LogP contribution >= 0.6 is 11.3 Å². The smallest absolute Gasteiger partial charge is 0.321 e. The zero-order valence-electron chi connectivity index (χ0n) is 16.1. The second kappa shape index (κ2) is 8.12. The molecule has 1 N–H and O–H groups in total. The molecule has 1 aromatic heterocycles. The first-order valence-corrected chi connectivity index (χ1v) is 9.98. The molecule has 2 heterocycles. The molecular formula is C20H21FN4O3S. The summed E-state index contributed by atoms with van der Waals surface area (Å²) in [4.78, 5) is 20.9. The third-order valence-electron chi connectivity index (χ3n) is 4.83. The number of thiazole rings is 1. The van der Waals surface area contributed by atoms with Crippen molar-refractivity contribution in [3.05, 3.63) is 42.2 Å². The second-order valence-corrected chi connectivity index (χ2v) is 7.57. The van der Waals surface area contributed by atoms with Crippen molar-refractivity contribution in [2.24, 2.45) is 0 Å². The van der Waals surface area contributed by atoms with E-state index in [0.717, 1.165) is 9.83 Å². The molecule has 0 radical (unpaired) electrons. The van der Waals surface area contributed by atoms with E-state index in [1.54, 1.807) is 43.4 Å². The van der Waals surface area contributed by atoms with Gasteiger partial charge in [-0.2, -0.15) is 0 Å². The largest absolute Gasteiger partial charge is 0.493 e. The number of piperazine rings is 1. The van der Waals surface area contributed by atoms with Crippen molar-refractivity contribution in [2.75, 3.05) is 50.6 Å². The predicted octanol–water partition coefficient (Wildman–Crippen LogP) is 3.81. The minimum atomic E-state index is -0.307. The maximum Gasteiger partial charge on any atom is 0.321 e. The monoisotopic (exact) mass is 416 g/mol. The lowest BCUT2D eigenvalue weighted by Crippen LogP contribution is -2.50. The molecule has 7 nitrogen and oxygen atoms in total. The van der Waals surface area contributed by atoms with E-state index in [1.165, 1.54) is 17.4 Å². The molecule has 1 saturated heterocycles. The number of aromatic nitrogens is 1. The number of nitrogens with one attached hydrogen (secondary N) is 1. The quantitative estimate of drug-likeness (QED) is 0.701. The van der Waals surface area contributed by atoms with Gasteiger partial charge in [0.15, 0.2) is 16.6 Å². The zero-order chi connectivity index (χ0) is 20.4. The summed E-state index contributed by atoms with van der Waals surface area (Å²) in [5, 5.41) is 3.67. The highest BCUT2D eigenvalue weighted by Crippen LogP contribution is 2.31. The van der Waals surface area contributed by atoms with Crippen LogP contribution < -0.4 is 19.7 Å². The Bertz CT molecular complexity index is 1030. The molecule has 1 aliphatic rings. The first-order chi connectivity index (χ1) is 14.1. The maximum absolute atomic E-state index is 13.9. The number of ether oxygens (including phenoxy) is 2. The van der Waals surface area contributed by atoms with Crippen molar-refractivity contribution in [2.45, 2.75) is 0 Å². The predicted molar refractivity (Wildman–Crippen MR) is 112 cm³/mol. The summed E-state index contributed by atoms with van der Waals surface area (Å²) in [5.74, 6) is 0.850. The average molecular weight is 416 g/mol. The maximum atomic E-state index is 13.9. The Morgan fingerprint density at radius 3 is 2.55 bits per heavy atom. The third kappa shape index (κ3) is 3.91. The lowest BCUT2D eigenvalue weighted by Gasteiger charge is -2.34. The van der Waals surface area contributed by atoms with Gasteiger partial charge in [-0.05, 0) is 24.3 Å². The standard InChI is InChI=1S/C20H21FN4O3S/c1-27-15-7-6-13(12-16(15)28-2)22-19(26)24-8-10-25(11-9-24)20-23-18-14(21)4-3-5-17(18)29-20/h3-7,12H,8-11H2,1-2H3,(H,22,26). The number of amides is 2. The topological polar surface area (TPSA) is 66.9 Å². The normalized spacial score (nSPS) is 14.2. The van der Waals surface area contributed by atoms with Crippen LogP contribution in [-0.4, -0.2) is 56.3 Å². The number of hydrogen-bond acceptors (Lipinski definition) is 6. The van der Waals surface area contributed by atoms with Gasteiger partial charge in [0, 0.05) is 37.9 Å². The van der Waals surface area contributed by atoms with Gasteiger partial charge in [0.2, 0.25) is 0 Å². The lowest BCUT2D eigenvalue weighted by atomic mass is 10.2. The van der Waals surface area contributed by atoms with E-state index in [-0.39, 0.29) is 11.8 Å². The van der Waals surface area contributed by atoms with E-state index < -0.39 is 0 Å². The summed E-state index contributed by atoms with van der Waals surface area (Å²) < 4.78 is 25.2. The van der Waals surface area contributed by atoms with Crippen molar-refractivity contribution >= 4 is 38.4 Å². The Morgan fingerprint density at radius 1 is 1.10 bits per heavy atom. The van der Waals surface area contributed by atoms with Crippen molar-refractivity contribution in [3.63, 3.8) is 0 Å². The zero-order valence-corrected chi connectivity index (χ0v) is 17.0. The number of methoxy groups -OCH3 is 2. The lowest BCUT2D eigenvalue weighted by molar-refractivity contribution is 0.208. The van der Waals surface area contributed by atoms with Gasteiger partial charge in [-0.1, -0.05) is 17.4 Å². The number of para-hydroxylation sites is 1. The van der Waals surface area contributed by atoms with Crippen LogP contribution in [0.5, 0.6) is 11.5 Å². The van der Waals surface area contributed by atoms with Gasteiger partial charge in [0.1, 0.15) is 11.3 Å². The Kier molecular flexibility index (Phi) is 5.39. The second-order valence-electron chi connectivity index (χ2n) is 6.56. The van der Waals surface area contributed by atoms with Crippen molar-refractivity contribution in [1.82, 2.24) is 9.88 Å². The van der Waals surface area contributed by atoms with Gasteiger partial charge in [-0.25, -0.2) is 14.2 Å². The summed E-state index contributed by atoms with van der Waals surface area (Å²) in [6.45, 7) is 2.39. The van der Waals surface area contributed by atoms with Crippen LogP contribution in [0.2, 0.25) is 0 Å². The van der Waals surface area contributed by atoms with E-state index in [0.29, 0.717) is 48.9 Å². The molecule has 0 saturated carbocycles. The molecule has 1 aliphatic heterocycles. The fourth-order valence-electron chi connectivity index (χ4n) is 3.26. The highest BCUT2D eigenvalue weighted by atomic mass is 32.1. The number of carbonyl (C=O) groups is 1. The van der Waals surface area contributed by atoms with E-state index in [2.05, 4.69) is 15.2 Å². The minimum Gasteiger partial charge on any atom is -0.493 e. The van der Waals surface area contributed by atoms with Crippen LogP contribution in [0.25, 0.3) is 10.2 Å². The van der Waals surface area contributed by atoms with Gasteiger partial charge in [0.25, 0.3) is 0 Å². The highest BCUT2D eigenvalue weighted by molar-refractivity contribution is 7.22. The number of fused-ring (bicyclic) bond motifs is 1. The molecule has 29 heavy (non-hydrogen) atoms. The molecule has 152 valence electrons. The van der Waals surface area contributed by atoms with Crippen LogP contribution in [0.1, 0.15) is 0 Å². The molecule has 0 spiro atoms. The van der Waals surface area contributed by atoms with Gasteiger partial charge < -0.3 is 24.6 Å². The third-order valence-corrected chi connectivity index (χ3v) is 5.91. The Hall–Kier alpha value is -3.07. The van der Waals surface area contributed by atoms with Gasteiger partial charge >= 0.3 is 6.03 Å². The molecule has 9 heteroatoms.